The van der Waals surface area contributed by atoms with Crippen LogP contribution in [-0.4, -0.2) is 72.1 Å². The number of hydrogen-bond donors (Lipinski definition) is 0. The van der Waals surface area contributed by atoms with Crippen LogP contribution in [0.15, 0.2) is 0 Å². The Morgan fingerprint density at radius 3 is 2.27 bits per heavy atom. The van der Waals surface area contributed by atoms with Crippen molar-refractivity contribution in [3.8, 4) is 0 Å². The molecule has 1 spiro atoms. The topological polar surface area (TPSA) is 9.72 Å². The molecule has 3 rings (SSSR count). The smallest absolute Gasteiger partial charge is 0.0238 e. The van der Waals surface area contributed by atoms with Gasteiger partial charge in [-0.3, -0.25) is 9.80 Å². The summed E-state index contributed by atoms with van der Waals surface area (Å²) in [6.07, 6.45) is 4.05. The molecule has 3 aliphatic heterocycles. The molecule has 0 aromatic rings. The molecule has 0 amide bonds. The summed E-state index contributed by atoms with van der Waals surface area (Å²) in [4.78, 5) is 8.14. The van der Waals surface area contributed by atoms with Crippen LogP contribution in [-0.2, 0) is 0 Å². The van der Waals surface area contributed by atoms with E-state index in [-0.39, 0.29) is 0 Å². The van der Waals surface area contributed by atoms with Gasteiger partial charge in [-0.05, 0) is 52.6 Å². The highest BCUT2D eigenvalue weighted by atomic mass is 15.4. The summed E-state index contributed by atoms with van der Waals surface area (Å²) in [7, 11) is 2.26. The molecule has 3 fully saturated rings. The Bertz CT molecular complexity index is 388. The van der Waals surface area contributed by atoms with Crippen LogP contribution in [0.4, 0.5) is 0 Å². The van der Waals surface area contributed by atoms with Crippen LogP contribution in [0.5, 0.6) is 0 Å². The fourth-order valence-corrected chi connectivity index (χ4v) is 5.65. The maximum atomic E-state index is 2.85. The summed E-state index contributed by atoms with van der Waals surface area (Å²) in [6, 6.07) is 3.15. The van der Waals surface area contributed by atoms with Crippen molar-refractivity contribution >= 4 is 0 Å². The first kappa shape index (κ1) is 16.7. The molecule has 3 aliphatic rings. The van der Waals surface area contributed by atoms with Crippen molar-refractivity contribution in [2.75, 3.05) is 33.2 Å². The number of nitrogens with zero attached hydrogens (tertiary/aromatic N) is 3. The monoisotopic (exact) mass is 307 g/mol. The lowest BCUT2D eigenvalue weighted by molar-refractivity contribution is -0.179. The predicted molar refractivity (Wildman–Crippen MR) is 94.2 cm³/mol. The molecule has 4 atom stereocenters. The van der Waals surface area contributed by atoms with Gasteiger partial charge in [0.1, 0.15) is 0 Å². The van der Waals surface area contributed by atoms with E-state index in [9.17, 15) is 0 Å². The van der Waals surface area contributed by atoms with Crippen molar-refractivity contribution in [3.05, 3.63) is 0 Å². The van der Waals surface area contributed by atoms with Gasteiger partial charge in [-0.2, -0.15) is 0 Å². The molecule has 0 aromatic carbocycles. The van der Waals surface area contributed by atoms with Crippen LogP contribution in [0.3, 0.4) is 0 Å². The molecule has 3 saturated heterocycles. The quantitative estimate of drug-likeness (QED) is 0.791. The van der Waals surface area contributed by atoms with Gasteiger partial charge in [0, 0.05) is 49.2 Å². The largest absolute Gasteiger partial charge is 0.305 e. The molecule has 0 aromatic heterocycles. The second-order valence-corrected chi connectivity index (χ2v) is 8.91. The number of hydrogen-bond acceptors (Lipinski definition) is 3. The van der Waals surface area contributed by atoms with Gasteiger partial charge < -0.3 is 4.90 Å². The van der Waals surface area contributed by atoms with Crippen molar-refractivity contribution in [3.63, 3.8) is 0 Å². The molecule has 128 valence electrons. The lowest BCUT2D eigenvalue weighted by atomic mass is 9.65. The maximum Gasteiger partial charge on any atom is 0.0238 e. The highest BCUT2D eigenvalue weighted by Gasteiger charge is 2.58. The Morgan fingerprint density at radius 1 is 1.09 bits per heavy atom. The van der Waals surface area contributed by atoms with Gasteiger partial charge in [0.25, 0.3) is 0 Å². The number of likely N-dealkylation sites (tertiary alicyclic amines) is 3. The highest BCUT2D eigenvalue weighted by Crippen LogP contribution is 2.47. The van der Waals surface area contributed by atoms with Gasteiger partial charge in [0.05, 0.1) is 0 Å². The molecule has 0 aliphatic carbocycles. The second kappa shape index (κ2) is 6.07. The van der Waals surface area contributed by atoms with Crippen molar-refractivity contribution in [2.24, 2.45) is 11.3 Å². The van der Waals surface area contributed by atoms with E-state index in [0.717, 1.165) is 30.1 Å². The zero-order valence-corrected chi connectivity index (χ0v) is 15.7. The molecule has 3 heterocycles. The molecule has 0 N–H and O–H groups in total. The molecule has 22 heavy (non-hydrogen) atoms. The number of piperidine rings is 1. The fourth-order valence-electron chi connectivity index (χ4n) is 5.65. The van der Waals surface area contributed by atoms with Crippen LogP contribution in [0.1, 0.15) is 53.9 Å². The molecule has 0 saturated carbocycles. The Morgan fingerprint density at radius 2 is 1.77 bits per heavy atom. The van der Waals surface area contributed by atoms with E-state index in [2.05, 4.69) is 56.4 Å². The van der Waals surface area contributed by atoms with Gasteiger partial charge >= 0.3 is 0 Å². The molecule has 3 nitrogen and oxygen atoms in total. The van der Waals surface area contributed by atoms with Gasteiger partial charge in [-0.25, -0.2) is 0 Å². The molecule has 3 heteroatoms. The summed E-state index contributed by atoms with van der Waals surface area (Å²) >= 11 is 0. The zero-order chi connectivity index (χ0) is 16.1. The van der Waals surface area contributed by atoms with Gasteiger partial charge in [0.15, 0.2) is 0 Å². The van der Waals surface area contributed by atoms with Crippen LogP contribution in [0.25, 0.3) is 0 Å². The minimum Gasteiger partial charge on any atom is -0.305 e. The van der Waals surface area contributed by atoms with Crippen LogP contribution < -0.4 is 0 Å². The third kappa shape index (κ3) is 2.63. The maximum absolute atomic E-state index is 2.85. The third-order valence-corrected chi connectivity index (χ3v) is 6.89. The highest BCUT2D eigenvalue weighted by molar-refractivity contribution is 5.12. The summed E-state index contributed by atoms with van der Waals surface area (Å²) in [5.41, 5.74) is 0.645. The van der Waals surface area contributed by atoms with E-state index >= 15 is 0 Å². The average Bonchev–Trinajstić information content (AvgIpc) is 2.43. The SMILES string of the molecule is CCCN1[C@H](C)CC(N2CC3(CN(C)C3)[C@H]2C)C[C@H]1C(C)C. The van der Waals surface area contributed by atoms with E-state index in [4.69, 9.17) is 0 Å². The van der Waals surface area contributed by atoms with E-state index in [1.54, 1.807) is 0 Å². The van der Waals surface area contributed by atoms with Gasteiger partial charge in [0.2, 0.25) is 0 Å². The predicted octanol–water partition coefficient (Wildman–Crippen LogP) is 2.91. The third-order valence-electron chi connectivity index (χ3n) is 6.89. The van der Waals surface area contributed by atoms with Crippen LogP contribution >= 0.6 is 0 Å². The van der Waals surface area contributed by atoms with Gasteiger partial charge in [-0.15, -0.1) is 0 Å². The second-order valence-electron chi connectivity index (χ2n) is 8.91. The molecule has 0 radical (unpaired) electrons. The lowest BCUT2D eigenvalue weighted by Gasteiger charge is -2.67. The molecule has 1 unspecified atom stereocenters. The summed E-state index contributed by atoms with van der Waals surface area (Å²) in [5.74, 6) is 0.775. The van der Waals surface area contributed by atoms with Crippen LogP contribution in [0.2, 0.25) is 0 Å². The Kier molecular flexibility index (Phi) is 4.61. The number of rotatable bonds is 4. The minimum atomic E-state index is 0.645. The van der Waals surface area contributed by atoms with Crippen molar-refractivity contribution < 1.29 is 0 Å². The minimum absolute atomic E-state index is 0.645. The molecular weight excluding hydrogens is 270 g/mol. The first-order valence-electron chi connectivity index (χ1n) is 9.58. The van der Waals surface area contributed by atoms with E-state index in [1.807, 2.05) is 0 Å². The lowest BCUT2D eigenvalue weighted by Crippen LogP contribution is -2.78. The summed E-state index contributed by atoms with van der Waals surface area (Å²) in [6.45, 7) is 17.4. The van der Waals surface area contributed by atoms with E-state index < -0.39 is 0 Å². The summed E-state index contributed by atoms with van der Waals surface area (Å²) < 4.78 is 0. The Hall–Kier alpha value is -0.120. The van der Waals surface area contributed by atoms with Crippen molar-refractivity contribution in [2.45, 2.75) is 78.0 Å². The van der Waals surface area contributed by atoms with Gasteiger partial charge in [-0.1, -0.05) is 20.8 Å². The first-order valence-corrected chi connectivity index (χ1v) is 9.58. The normalized spacial score (nSPS) is 40.0. The standard InChI is InChI=1S/C19H37N3/c1-7-8-21-15(4)9-17(10-18(21)14(2)3)22-13-19(16(22)5)11-20(6)12-19/h14-18H,7-13H2,1-6H3/t15-,16-,17?,18+/m1/s1. The van der Waals surface area contributed by atoms with E-state index in [0.29, 0.717) is 5.41 Å². The van der Waals surface area contributed by atoms with Crippen LogP contribution in [0, 0.1) is 11.3 Å². The zero-order valence-electron chi connectivity index (χ0n) is 15.7. The fraction of sp³-hybridized carbons (Fsp3) is 1.00. The molecular formula is C19H37N3. The Labute approximate surface area is 138 Å². The summed E-state index contributed by atoms with van der Waals surface area (Å²) in [5, 5.41) is 0. The molecule has 0 bridgehead atoms. The van der Waals surface area contributed by atoms with E-state index in [1.165, 1.54) is 45.4 Å². The first-order chi connectivity index (χ1) is 10.4. The average molecular weight is 308 g/mol. The van der Waals surface area contributed by atoms with Crippen molar-refractivity contribution in [1.29, 1.82) is 0 Å². The van der Waals surface area contributed by atoms with Crippen molar-refractivity contribution in [1.82, 2.24) is 14.7 Å². The Balaban J connectivity index is 1.64.